The molecule has 1 saturated heterocycles. The van der Waals surface area contributed by atoms with Gasteiger partial charge >= 0.3 is 6.03 Å². The number of thiophene rings is 1. The van der Waals surface area contributed by atoms with E-state index < -0.39 is 17.5 Å². The maximum Gasteiger partial charge on any atom is 0.325 e. The molecule has 2 atom stereocenters. The van der Waals surface area contributed by atoms with Crippen LogP contribution in [0, 0.1) is 5.92 Å². The van der Waals surface area contributed by atoms with Gasteiger partial charge in [-0.25, -0.2) is 4.79 Å². The first-order valence-electron chi connectivity index (χ1n) is 9.40. The number of imide groups is 1. The van der Waals surface area contributed by atoms with E-state index in [9.17, 15) is 14.4 Å². The lowest BCUT2D eigenvalue weighted by Gasteiger charge is -2.36. The molecular weight excluding hydrogens is 430 g/mol. The minimum Gasteiger partial charge on any atom is -0.323 e. The molecule has 0 bridgehead atoms. The van der Waals surface area contributed by atoms with Gasteiger partial charge in [0, 0.05) is 10.6 Å². The van der Waals surface area contributed by atoms with Gasteiger partial charge in [0.25, 0.3) is 5.91 Å². The summed E-state index contributed by atoms with van der Waals surface area (Å²) in [7, 11) is 0. The Morgan fingerprint density at radius 2 is 2.28 bits per heavy atom. The first-order chi connectivity index (χ1) is 14.0. The van der Waals surface area contributed by atoms with Gasteiger partial charge in [-0.1, -0.05) is 48.9 Å². The predicted octanol–water partition coefficient (Wildman–Crippen LogP) is 3.33. The van der Waals surface area contributed by atoms with Crippen molar-refractivity contribution in [1.82, 2.24) is 20.4 Å². The Bertz CT molecular complexity index is 916. The molecule has 154 valence electrons. The van der Waals surface area contributed by atoms with E-state index in [1.165, 1.54) is 16.2 Å². The van der Waals surface area contributed by atoms with Crippen LogP contribution >= 0.6 is 34.4 Å². The highest BCUT2D eigenvalue weighted by Crippen LogP contribution is 2.38. The van der Waals surface area contributed by atoms with Crippen molar-refractivity contribution in [3.05, 3.63) is 22.4 Å². The number of rotatable bonds is 6. The number of hydrogen-bond acceptors (Lipinski definition) is 8. The molecule has 0 aromatic carbocycles. The molecule has 1 aliphatic carbocycles. The van der Waals surface area contributed by atoms with Gasteiger partial charge < -0.3 is 5.32 Å². The number of anilines is 1. The second-order valence-corrected chi connectivity index (χ2v) is 10.5. The van der Waals surface area contributed by atoms with Crippen LogP contribution < -0.4 is 10.6 Å². The standard InChI is InChI=1S/C18H21N5O3S3/c1-11-5-2-3-7-18(11)14(25)23(16(26)20-18)9-13(24)19-15-21-22-17(29-15)28-10-12-6-4-8-27-12/h4,6,8,11H,2-3,5,7,9-10H2,1H3,(H,20,26)(H,19,21,24)/t11-,18-/m1/s1. The predicted molar refractivity (Wildman–Crippen MR) is 113 cm³/mol. The van der Waals surface area contributed by atoms with Gasteiger partial charge in [0.15, 0.2) is 4.34 Å². The SMILES string of the molecule is C[C@@H]1CCCC[C@@]12NC(=O)N(CC(=O)Nc1nnc(SCc3cccs3)s1)C2=O. The van der Waals surface area contributed by atoms with Gasteiger partial charge in [-0.05, 0) is 30.2 Å². The van der Waals surface area contributed by atoms with E-state index in [0.717, 1.165) is 34.3 Å². The summed E-state index contributed by atoms with van der Waals surface area (Å²) in [5.74, 6) is 0.101. The van der Waals surface area contributed by atoms with Gasteiger partial charge in [0.2, 0.25) is 11.0 Å². The summed E-state index contributed by atoms with van der Waals surface area (Å²) in [5, 5.41) is 15.9. The molecule has 2 N–H and O–H groups in total. The fraction of sp³-hybridized carbons (Fsp3) is 0.500. The number of carbonyl (C=O) groups is 3. The normalized spacial score (nSPS) is 24.2. The Balaban J connectivity index is 1.34. The fourth-order valence-corrected chi connectivity index (χ4v) is 6.33. The van der Waals surface area contributed by atoms with Crippen LogP contribution in [0.4, 0.5) is 9.93 Å². The van der Waals surface area contributed by atoms with E-state index in [1.807, 2.05) is 18.4 Å². The van der Waals surface area contributed by atoms with E-state index in [-0.39, 0.29) is 18.4 Å². The second-order valence-electron chi connectivity index (χ2n) is 7.23. The molecule has 2 aromatic rings. The third-order valence-electron chi connectivity index (χ3n) is 5.37. The van der Waals surface area contributed by atoms with Gasteiger partial charge in [-0.2, -0.15) is 0 Å². The van der Waals surface area contributed by atoms with E-state index in [2.05, 4.69) is 26.9 Å². The number of urea groups is 1. The van der Waals surface area contributed by atoms with Gasteiger partial charge in [0.05, 0.1) is 0 Å². The highest BCUT2D eigenvalue weighted by Gasteiger charge is 2.55. The van der Waals surface area contributed by atoms with Crippen molar-refractivity contribution >= 4 is 57.4 Å². The van der Waals surface area contributed by atoms with E-state index in [0.29, 0.717) is 11.6 Å². The van der Waals surface area contributed by atoms with Crippen molar-refractivity contribution < 1.29 is 14.4 Å². The first kappa shape index (κ1) is 20.3. The number of thioether (sulfide) groups is 1. The average molecular weight is 452 g/mol. The molecule has 0 radical (unpaired) electrons. The third-order valence-corrected chi connectivity index (χ3v) is 8.45. The Morgan fingerprint density at radius 1 is 1.41 bits per heavy atom. The lowest BCUT2D eigenvalue weighted by molar-refractivity contribution is -0.136. The van der Waals surface area contributed by atoms with Crippen molar-refractivity contribution in [3.8, 4) is 0 Å². The molecular formula is C18H21N5O3S3. The zero-order valence-corrected chi connectivity index (χ0v) is 18.3. The summed E-state index contributed by atoms with van der Waals surface area (Å²) < 4.78 is 0.749. The van der Waals surface area contributed by atoms with Gasteiger partial charge in [-0.15, -0.1) is 21.5 Å². The number of hydrogen-bond donors (Lipinski definition) is 2. The van der Waals surface area contributed by atoms with Crippen LogP contribution in [0.5, 0.6) is 0 Å². The topological polar surface area (TPSA) is 104 Å². The maximum absolute atomic E-state index is 12.9. The molecule has 11 heteroatoms. The van der Waals surface area contributed by atoms with Crippen LogP contribution in [-0.2, 0) is 15.3 Å². The zero-order chi connectivity index (χ0) is 20.4. The van der Waals surface area contributed by atoms with E-state index in [4.69, 9.17) is 0 Å². The summed E-state index contributed by atoms with van der Waals surface area (Å²) in [6.45, 7) is 1.66. The van der Waals surface area contributed by atoms with E-state index in [1.54, 1.807) is 23.1 Å². The minimum atomic E-state index is -0.857. The number of carbonyl (C=O) groups excluding carboxylic acids is 3. The summed E-state index contributed by atoms with van der Waals surface area (Å²) >= 11 is 4.50. The second kappa shape index (κ2) is 8.41. The Morgan fingerprint density at radius 3 is 3.03 bits per heavy atom. The number of aromatic nitrogens is 2. The molecule has 3 heterocycles. The molecule has 1 saturated carbocycles. The molecule has 1 spiro atoms. The molecule has 29 heavy (non-hydrogen) atoms. The summed E-state index contributed by atoms with van der Waals surface area (Å²) in [6.07, 6.45) is 3.46. The lowest BCUT2D eigenvalue weighted by atomic mass is 9.73. The van der Waals surface area contributed by atoms with Crippen molar-refractivity contribution in [2.24, 2.45) is 5.92 Å². The lowest BCUT2D eigenvalue weighted by Crippen LogP contribution is -2.54. The van der Waals surface area contributed by atoms with Crippen LogP contribution in [0.25, 0.3) is 0 Å². The molecule has 2 aromatic heterocycles. The highest BCUT2D eigenvalue weighted by atomic mass is 32.2. The maximum atomic E-state index is 12.9. The summed E-state index contributed by atoms with van der Waals surface area (Å²) in [5.41, 5.74) is -0.857. The fourth-order valence-electron chi connectivity index (χ4n) is 3.79. The van der Waals surface area contributed by atoms with Crippen molar-refractivity contribution in [3.63, 3.8) is 0 Å². The number of nitrogens with one attached hydrogen (secondary N) is 2. The first-order valence-corrected chi connectivity index (χ1v) is 12.1. The monoisotopic (exact) mass is 451 g/mol. The van der Waals surface area contributed by atoms with Crippen LogP contribution in [-0.4, -0.2) is 45.0 Å². The van der Waals surface area contributed by atoms with Crippen LogP contribution in [0.3, 0.4) is 0 Å². The van der Waals surface area contributed by atoms with Crippen LogP contribution in [0.2, 0.25) is 0 Å². The third kappa shape index (κ3) is 4.17. The quantitative estimate of drug-likeness (QED) is 0.397. The Labute approximate surface area is 180 Å². The largest absolute Gasteiger partial charge is 0.325 e. The molecule has 8 nitrogen and oxygen atoms in total. The summed E-state index contributed by atoms with van der Waals surface area (Å²) in [6, 6.07) is 3.56. The minimum absolute atomic E-state index is 0.0619. The zero-order valence-electron chi connectivity index (χ0n) is 15.8. The highest BCUT2D eigenvalue weighted by molar-refractivity contribution is 8.00. The molecule has 1 aliphatic heterocycles. The van der Waals surface area contributed by atoms with Gasteiger partial charge in [0.1, 0.15) is 12.1 Å². The van der Waals surface area contributed by atoms with Crippen LogP contribution in [0.1, 0.15) is 37.5 Å². The van der Waals surface area contributed by atoms with E-state index >= 15 is 0 Å². The average Bonchev–Trinajstić information content (AvgIpc) is 3.41. The molecule has 0 unspecified atom stereocenters. The number of nitrogens with zero attached hydrogens (tertiary/aromatic N) is 3. The molecule has 2 aliphatic rings. The van der Waals surface area contributed by atoms with Crippen molar-refractivity contribution in [1.29, 1.82) is 0 Å². The smallest absolute Gasteiger partial charge is 0.323 e. The van der Waals surface area contributed by atoms with Crippen molar-refractivity contribution in [2.75, 3.05) is 11.9 Å². The Hall–Kier alpha value is -1.98. The number of amides is 4. The van der Waals surface area contributed by atoms with Gasteiger partial charge in [-0.3, -0.25) is 19.8 Å². The summed E-state index contributed by atoms with van der Waals surface area (Å²) in [4.78, 5) is 40.0. The molecule has 4 rings (SSSR count). The van der Waals surface area contributed by atoms with Crippen LogP contribution in [0.15, 0.2) is 21.9 Å². The molecule has 2 fully saturated rings. The van der Waals surface area contributed by atoms with Crippen molar-refractivity contribution in [2.45, 2.75) is 48.2 Å². The Kier molecular flexibility index (Phi) is 5.88. The molecule has 4 amide bonds.